The summed E-state index contributed by atoms with van der Waals surface area (Å²) in [4.78, 5) is 10.8. The number of nitrogens with one attached hydrogen (secondary N) is 1. The number of carbonyl (C=O) groups is 1. The zero-order valence-electron chi connectivity index (χ0n) is 11.0. The molecule has 0 bridgehead atoms. The van der Waals surface area contributed by atoms with Gasteiger partial charge in [0.05, 0.1) is 11.0 Å². The summed E-state index contributed by atoms with van der Waals surface area (Å²) in [6.45, 7) is 2.88. The summed E-state index contributed by atoms with van der Waals surface area (Å²) in [5.74, 6) is -0.697. The lowest BCUT2D eigenvalue weighted by Gasteiger charge is -2.17. The van der Waals surface area contributed by atoms with Gasteiger partial charge < -0.3 is 5.32 Å². The molecule has 1 amide bonds. The molecule has 21 heavy (non-hydrogen) atoms. The first-order valence-electron chi connectivity index (χ1n) is 5.56. The average molecular weight is 320 g/mol. The van der Waals surface area contributed by atoms with Crippen molar-refractivity contribution in [3.05, 3.63) is 29.8 Å². The van der Waals surface area contributed by atoms with E-state index < -0.39 is 31.7 Å². The molecule has 0 saturated carbocycles. The van der Waals surface area contributed by atoms with E-state index in [4.69, 9.17) is 5.26 Å². The first kappa shape index (κ1) is 17.0. The molecule has 0 aliphatic carbocycles. The molecule has 0 fully saturated rings. The van der Waals surface area contributed by atoms with Crippen molar-refractivity contribution in [1.82, 2.24) is 5.32 Å². The van der Waals surface area contributed by atoms with Gasteiger partial charge in [0, 0.05) is 5.56 Å². The molecular formula is C12H11F3N2O3S. The van der Waals surface area contributed by atoms with E-state index in [1.807, 2.05) is 6.07 Å². The van der Waals surface area contributed by atoms with Crippen molar-refractivity contribution in [1.29, 1.82) is 5.26 Å². The van der Waals surface area contributed by atoms with Gasteiger partial charge in [0.15, 0.2) is 0 Å². The number of alkyl halides is 3. The summed E-state index contributed by atoms with van der Waals surface area (Å²) in [7, 11) is -5.44. The molecule has 0 aliphatic heterocycles. The van der Waals surface area contributed by atoms with Crippen LogP contribution >= 0.6 is 0 Å². The number of halogens is 3. The molecule has 0 spiro atoms. The Kier molecular flexibility index (Phi) is 4.34. The van der Waals surface area contributed by atoms with Crippen LogP contribution in [-0.4, -0.2) is 25.4 Å². The number of sulfone groups is 1. The monoisotopic (exact) mass is 320 g/mol. The molecule has 0 aromatic heterocycles. The summed E-state index contributed by atoms with van der Waals surface area (Å²) >= 11 is 0. The van der Waals surface area contributed by atoms with E-state index in [-0.39, 0.29) is 5.56 Å². The lowest BCUT2D eigenvalue weighted by atomic mass is 10.1. The predicted octanol–water partition coefficient (Wildman–Crippen LogP) is 2.01. The SMILES string of the molecule is CC(C)(C#N)NC(=O)c1ccc(S(=O)(=O)C(F)(F)F)cc1. The van der Waals surface area contributed by atoms with Crippen molar-refractivity contribution in [2.24, 2.45) is 0 Å². The standard InChI is InChI=1S/C12H11F3N2O3S/c1-11(2,7-16)17-10(18)8-3-5-9(6-4-8)21(19,20)12(13,14)15/h3-6H,1-2H3,(H,17,18). The number of hydrogen-bond acceptors (Lipinski definition) is 4. The minimum absolute atomic E-state index is 0.0561. The number of hydrogen-bond donors (Lipinski definition) is 1. The molecule has 0 radical (unpaired) electrons. The Labute approximate surface area is 119 Å². The fourth-order valence-corrected chi connectivity index (χ4v) is 2.06. The van der Waals surface area contributed by atoms with E-state index in [1.54, 1.807) is 0 Å². The maximum Gasteiger partial charge on any atom is 0.501 e. The van der Waals surface area contributed by atoms with Crippen LogP contribution < -0.4 is 5.32 Å². The van der Waals surface area contributed by atoms with Crippen LogP contribution in [0.1, 0.15) is 24.2 Å². The van der Waals surface area contributed by atoms with Crippen molar-refractivity contribution in [3.8, 4) is 6.07 Å². The van der Waals surface area contributed by atoms with Gasteiger partial charge in [-0.25, -0.2) is 8.42 Å². The van der Waals surface area contributed by atoms with Crippen LogP contribution in [0.4, 0.5) is 13.2 Å². The van der Waals surface area contributed by atoms with Crippen LogP contribution in [0.2, 0.25) is 0 Å². The van der Waals surface area contributed by atoms with Crippen LogP contribution in [0.3, 0.4) is 0 Å². The van der Waals surface area contributed by atoms with Crippen LogP contribution in [0.5, 0.6) is 0 Å². The number of benzene rings is 1. The Balaban J connectivity index is 3.05. The Morgan fingerprint density at radius 3 is 2.05 bits per heavy atom. The zero-order chi connectivity index (χ0) is 16.5. The van der Waals surface area contributed by atoms with E-state index in [9.17, 15) is 26.4 Å². The van der Waals surface area contributed by atoms with Gasteiger partial charge in [0.1, 0.15) is 5.54 Å². The Hall–Kier alpha value is -2.08. The normalized spacial score (nSPS) is 12.6. The van der Waals surface area contributed by atoms with E-state index in [1.165, 1.54) is 13.8 Å². The molecule has 0 saturated heterocycles. The van der Waals surface area contributed by atoms with Gasteiger partial charge >= 0.3 is 5.51 Å². The molecule has 0 heterocycles. The van der Waals surface area contributed by atoms with Crippen LogP contribution in [0.15, 0.2) is 29.2 Å². The van der Waals surface area contributed by atoms with E-state index in [2.05, 4.69) is 5.32 Å². The van der Waals surface area contributed by atoms with Crippen molar-refractivity contribution < 1.29 is 26.4 Å². The lowest BCUT2D eigenvalue weighted by molar-refractivity contribution is -0.0436. The summed E-state index contributed by atoms with van der Waals surface area (Å²) in [6.07, 6.45) is 0. The lowest BCUT2D eigenvalue weighted by Crippen LogP contribution is -2.42. The fraction of sp³-hybridized carbons (Fsp3) is 0.333. The summed E-state index contributed by atoms with van der Waals surface area (Å²) < 4.78 is 59.3. The van der Waals surface area contributed by atoms with Gasteiger partial charge in [-0.1, -0.05) is 0 Å². The first-order chi connectivity index (χ1) is 9.40. The van der Waals surface area contributed by atoms with Gasteiger partial charge in [0.25, 0.3) is 15.7 Å². The number of carbonyl (C=O) groups excluding carboxylic acids is 1. The van der Waals surface area contributed by atoms with Crippen molar-refractivity contribution in [2.75, 3.05) is 0 Å². The second-order valence-electron chi connectivity index (χ2n) is 4.66. The predicted molar refractivity (Wildman–Crippen MR) is 66.8 cm³/mol. The highest BCUT2D eigenvalue weighted by molar-refractivity contribution is 7.92. The molecule has 0 atom stereocenters. The third-order valence-corrected chi connectivity index (χ3v) is 3.94. The molecule has 5 nitrogen and oxygen atoms in total. The van der Waals surface area contributed by atoms with E-state index in [0.717, 1.165) is 12.1 Å². The van der Waals surface area contributed by atoms with Crippen molar-refractivity contribution in [3.63, 3.8) is 0 Å². The highest BCUT2D eigenvalue weighted by Crippen LogP contribution is 2.30. The topological polar surface area (TPSA) is 87.0 Å². The second-order valence-corrected chi connectivity index (χ2v) is 6.61. The highest BCUT2D eigenvalue weighted by atomic mass is 32.2. The Bertz CT molecular complexity index is 686. The molecule has 0 unspecified atom stereocenters. The van der Waals surface area contributed by atoms with Gasteiger partial charge in [-0.05, 0) is 38.1 Å². The van der Waals surface area contributed by atoms with Gasteiger partial charge in [-0.3, -0.25) is 4.79 Å². The molecular weight excluding hydrogens is 309 g/mol. The van der Waals surface area contributed by atoms with Gasteiger partial charge in [0.2, 0.25) is 0 Å². The quantitative estimate of drug-likeness (QED) is 0.923. The molecule has 1 aromatic rings. The van der Waals surface area contributed by atoms with Crippen LogP contribution in [-0.2, 0) is 9.84 Å². The minimum Gasteiger partial charge on any atom is -0.334 e. The molecule has 0 aliphatic rings. The highest BCUT2D eigenvalue weighted by Gasteiger charge is 2.46. The molecule has 1 rings (SSSR count). The van der Waals surface area contributed by atoms with E-state index in [0.29, 0.717) is 12.1 Å². The van der Waals surface area contributed by atoms with Crippen LogP contribution in [0.25, 0.3) is 0 Å². The molecule has 114 valence electrons. The Morgan fingerprint density at radius 1 is 1.19 bits per heavy atom. The molecule has 9 heteroatoms. The zero-order valence-corrected chi connectivity index (χ0v) is 11.8. The van der Waals surface area contributed by atoms with Crippen molar-refractivity contribution >= 4 is 15.7 Å². The van der Waals surface area contributed by atoms with Crippen molar-refractivity contribution in [2.45, 2.75) is 29.8 Å². The molecule has 1 aromatic carbocycles. The van der Waals surface area contributed by atoms with E-state index >= 15 is 0 Å². The number of amides is 1. The number of rotatable bonds is 3. The molecule has 1 N–H and O–H groups in total. The first-order valence-corrected chi connectivity index (χ1v) is 7.04. The summed E-state index contributed by atoms with van der Waals surface area (Å²) in [6, 6.07) is 5.10. The van der Waals surface area contributed by atoms with Gasteiger partial charge in [-0.2, -0.15) is 18.4 Å². The smallest absolute Gasteiger partial charge is 0.334 e. The fourth-order valence-electron chi connectivity index (χ4n) is 1.30. The number of nitriles is 1. The summed E-state index contributed by atoms with van der Waals surface area (Å²) in [5.41, 5.74) is -6.62. The van der Waals surface area contributed by atoms with Gasteiger partial charge in [-0.15, -0.1) is 0 Å². The number of nitrogens with zero attached hydrogens (tertiary/aromatic N) is 1. The largest absolute Gasteiger partial charge is 0.501 e. The van der Waals surface area contributed by atoms with Crippen LogP contribution in [0, 0.1) is 11.3 Å². The third-order valence-electron chi connectivity index (χ3n) is 2.44. The average Bonchev–Trinajstić information content (AvgIpc) is 2.37. The minimum atomic E-state index is -5.44. The Morgan fingerprint density at radius 2 is 1.67 bits per heavy atom. The summed E-state index contributed by atoms with van der Waals surface area (Å²) in [5, 5.41) is 11.1. The maximum atomic E-state index is 12.3. The second kappa shape index (κ2) is 5.37. The third kappa shape index (κ3) is 3.72. The maximum absolute atomic E-state index is 12.3.